The SMILES string of the molecule is C1=CC/C=C/CCCC/C=C/C/C=C\1. The van der Waals surface area contributed by atoms with Gasteiger partial charge in [-0.2, -0.15) is 0 Å². The lowest BCUT2D eigenvalue weighted by Gasteiger charge is -1.93. The maximum absolute atomic E-state index is 2.30. The molecule has 1 aliphatic carbocycles. The van der Waals surface area contributed by atoms with Crippen LogP contribution in [-0.4, -0.2) is 0 Å². The minimum atomic E-state index is 1.07. The second kappa shape index (κ2) is 8.55. The van der Waals surface area contributed by atoms with Gasteiger partial charge in [0.25, 0.3) is 0 Å². The Morgan fingerprint density at radius 3 is 1.50 bits per heavy atom. The summed E-state index contributed by atoms with van der Waals surface area (Å²) in [4.78, 5) is 0. The molecule has 0 saturated heterocycles. The molecule has 1 aliphatic rings. The van der Waals surface area contributed by atoms with E-state index < -0.39 is 0 Å². The highest BCUT2D eigenvalue weighted by Gasteiger charge is 1.83. The molecular weight excluding hydrogens is 168 g/mol. The zero-order valence-corrected chi connectivity index (χ0v) is 8.86. The van der Waals surface area contributed by atoms with Crippen LogP contribution in [0.3, 0.4) is 0 Å². The van der Waals surface area contributed by atoms with Crippen molar-refractivity contribution in [3.05, 3.63) is 48.6 Å². The largest absolute Gasteiger partial charge is 0.0882 e. The number of hydrogen-bond donors (Lipinski definition) is 0. The number of allylic oxidation sites excluding steroid dienone is 8. The first-order valence-corrected chi connectivity index (χ1v) is 5.62. The van der Waals surface area contributed by atoms with Crippen molar-refractivity contribution in [2.45, 2.75) is 38.5 Å². The summed E-state index contributed by atoms with van der Waals surface area (Å²) in [6.07, 6.45) is 25.0. The zero-order valence-electron chi connectivity index (χ0n) is 8.86. The Morgan fingerprint density at radius 1 is 0.500 bits per heavy atom. The maximum Gasteiger partial charge on any atom is -0.0166 e. The molecule has 0 aromatic rings. The lowest BCUT2D eigenvalue weighted by atomic mass is 10.1. The van der Waals surface area contributed by atoms with Gasteiger partial charge >= 0.3 is 0 Å². The fraction of sp³-hybridized carbons (Fsp3) is 0.429. The first kappa shape index (κ1) is 11.0. The third-order valence-corrected chi connectivity index (χ3v) is 2.25. The van der Waals surface area contributed by atoms with Crippen molar-refractivity contribution in [2.24, 2.45) is 0 Å². The van der Waals surface area contributed by atoms with E-state index in [1.807, 2.05) is 0 Å². The Bertz CT molecular complexity index is 202. The van der Waals surface area contributed by atoms with Gasteiger partial charge in [-0.15, -0.1) is 0 Å². The lowest BCUT2D eigenvalue weighted by molar-refractivity contribution is 0.760. The number of hydrogen-bond acceptors (Lipinski definition) is 0. The van der Waals surface area contributed by atoms with E-state index in [0.717, 1.165) is 12.8 Å². The Labute approximate surface area is 87.7 Å². The standard InChI is InChI=1S/C14H20/c1-2-4-6-8-10-12-14-13-11-9-7-5-3-1/h1-4,7-10H,5-6,11-14H2/b3-1-,4-2?,9-7+,10-8+. The minimum absolute atomic E-state index is 1.07. The first-order chi connectivity index (χ1) is 7.00. The van der Waals surface area contributed by atoms with Gasteiger partial charge in [-0.3, -0.25) is 0 Å². The summed E-state index contributed by atoms with van der Waals surface area (Å²) in [7, 11) is 0. The van der Waals surface area contributed by atoms with Crippen LogP contribution < -0.4 is 0 Å². The summed E-state index contributed by atoms with van der Waals surface area (Å²) in [6.45, 7) is 0. The Morgan fingerprint density at radius 2 is 1.00 bits per heavy atom. The molecule has 1 rings (SSSR count). The molecule has 0 nitrogen and oxygen atoms in total. The first-order valence-electron chi connectivity index (χ1n) is 5.62. The molecule has 0 aromatic heterocycles. The van der Waals surface area contributed by atoms with E-state index in [-0.39, 0.29) is 0 Å². The van der Waals surface area contributed by atoms with Gasteiger partial charge in [-0.25, -0.2) is 0 Å². The molecular formula is C14H20. The van der Waals surface area contributed by atoms with Gasteiger partial charge in [0.15, 0.2) is 0 Å². The molecule has 0 atom stereocenters. The molecule has 0 radical (unpaired) electrons. The summed E-state index contributed by atoms with van der Waals surface area (Å²) < 4.78 is 0. The predicted octanol–water partition coefficient (Wildman–Crippen LogP) is 4.57. The van der Waals surface area contributed by atoms with Crippen molar-refractivity contribution in [3.8, 4) is 0 Å². The van der Waals surface area contributed by atoms with Crippen LogP contribution in [0.4, 0.5) is 0 Å². The molecule has 14 heavy (non-hydrogen) atoms. The average Bonchev–Trinajstić information content (AvgIpc) is 2.22. The van der Waals surface area contributed by atoms with Gasteiger partial charge in [-0.05, 0) is 38.5 Å². The normalized spacial score (nSPS) is 26.3. The smallest absolute Gasteiger partial charge is 0.0166 e. The Kier molecular flexibility index (Phi) is 6.74. The molecule has 0 N–H and O–H groups in total. The van der Waals surface area contributed by atoms with Crippen LogP contribution in [0.15, 0.2) is 48.6 Å². The van der Waals surface area contributed by atoms with Crippen LogP contribution >= 0.6 is 0 Å². The monoisotopic (exact) mass is 188 g/mol. The third kappa shape index (κ3) is 6.47. The molecule has 0 heteroatoms. The van der Waals surface area contributed by atoms with E-state index in [9.17, 15) is 0 Å². The summed E-state index contributed by atoms with van der Waals surface area (Å²) in [5.41, 5.74) is 0. The van der Waals surface area contributed by atoms with E-state index in [1.165, 1.54) is 25.7 Å². The minimum Gasteiger partial charge on any atom is -0.0882 e. The van der Waals surface area contributed by atoms with Crippen molar-refractivity contribution in [1.29, 1.82) is 0 Å². The van der Waals surface area contributed by atoms with Crippen LogP contribution in [0.25, 0.3) is 0 Å². The summed E-state index contributed by atoms with van der Waals surface area (Å²) in [5, 5.41) is 0. The number of rotatable bonds is 0. The van der Waals surface area contributed by atoms with Gasteiger partial charge in [0.1, 0.15) is 0 Å². The van der Waals surface area contributed by atoms with E-state index >= 15 is 0 Å². The van der Waals surface area contributed by atoms with Crippen LogP contribution in [0.5, 0.6) is 0 Å². The Hall–Kier alpha value is -1.04. The van der Waals surface area contributed by atoms with E-state index in [2.05, 4.69) is 48.6 Å². The maximum atomic E-state index is 2.30. The van der Waals surface area contributed by atoms with Crippen LogP contribution in [0, 0.1) is 0 Å². The van der Waals surface area contributed by atoms with Gasteiger partial charge < -0.3 is 0 Å². The molecule has 0 amide bonds. The van der Waals surface area contributed by atoms with Crippen molar-refractivity contribution < 1.29 is 0 Å². The van der Waals surface area contributed by atoms with Crippen LogP contribution in [-0.2, 0) is 0 Å². The third-order valence-electron chi connectivity index (χ3n) is 2.25. The molecule has 0 aromatic carbocycles. The second-order valence-corrected chi connectivity index (χ2v) is 3.55. The van der Waals surface area contributed by atoms with Gasteiger partial charge in [-0.1, -0.05) is 48.6 Å². The predicted molar refractivity (Wildman–Crippen MR) is 64.3 cm³/mol. The van der Waals surface area contributed by atoms with E-state index in [1.54, 1.807) is 0 Å². The van der Waals surface area contributed by atoms with E-state index in [0.29, 0.717) is 0 Å². The average molecular weight is 188 g/mol. The molecule has 0 saturated carbocycles. The summed E-state index contributed by atoms with van der Waals surface area (Å²) in [6, 6.07) is 0. The van der Waals surface area contributed by atoms with Gasteiger partial charge in [0.2, 0.25) is 0 Å². The highest BCUT2D eigenvalue weighted by Crippen LogP contribution is 2.03. The fourth-order valence-corrected chi connectivity index (χ4v) is 1.42. The Balaban J connectivity index is 2.35. The van der Waals surface area contributed by atoms with Gasteiger partial charge in [0.05, 0.1) is 0 Å². The van der Waals surface area contributed by atoms with Crippen molar-refractivity contribution in [2.75, 3.05) is 0 Å². The van der Waals surface area contributed by atoms with Crippen LogP contribution in [0.2, 0.25) is 0 Å². The molecule has 0 spiro atoms. The van der Waals surface area contributed by atoms with Crippen molar-refractivity contribution >= 4 is 0 Å². The topological polar surface area (TPSA) is 0 Å². The highest BCUT2D eigenvalue weighted by atomic mass is 13.9. The summed E-state index contributed by atoms with van der Waals surface area (Å²) >= 11 is 0. The van der Waals surface area contributed by atoms with E-state index in [4.69, 9.17) is 0 Å². The second-order valence-electron chi connectivity index (χ2n) is 3.55. The van der Waals surface area contributed by atoms with Crippen LogP contribution in [0.1, 0.15) is 38.5 Å². The van der Waals surface area contributed by atoms with Gasteiger partial charge in [0, 0.05) is 0 Å². The molecule has 0 heterocycles. The lowest BCUT2D eigenvalue weighted by Crippen LogP contribution is -1.73. The molecule has 0 fully saturated rings. The molecule has 76 valence electrons. The van der Waals surface area contributed by atoms with Crippen molar-refractivity contribution in [3.63, 3.8) is 0 Å². The quantitative estimate of drug-likeness (QED) is 0.489. The highest BCUT2D eigenvalue weighted by molar-refractivity contribution is 5.06. The molecule has 0 bridgehead atoms. The molecule has 0 aliphatic heterocycles. The fourth-order valence-electron chi connectivity index (χ4n) is 1.42. The van der Waals surface area contributed by atoms with Crippen molar-refractivity contribution in [1.82, 2.24) is 0 Å². The zero-order chi connectivity index (χ0) is 9.90. The summed E-state index contributed by atoms with van der Waals surface area (Å²) in [5.74, 6) is 0. The molecule has 0 unspecified atom stereocenters.